The maximum atomic E-state index is 12.6. The zero-order chi connectivity index (χ0) is 18.8. The summed E-state index contributed by atoms with van der Waals surface area (Å²) in [4.78, 5) is 30.8. The van der Waals surface area contributed by atoms with Crippen LogP contribution in [0.1, 0.15) is 40.9 Å². The summed E-state index contributed by atoms with van der Waals surface area (Å²) in [5.74, 6) is -0.0433. The molecule has 0 saturated carbocycles. The van der Waals surface area contributed by atoms with Gasteiger partial charge in [0, 0.05) is 37.6 Å². The molecule has 6 heteroatoms. The van der Waals surface area contributed by atoms with Gasteiger partial charge in [-0.2, -0.15) is 0 Å². The van der Waals surface area contributed by atoms with Crippen LogP contribution in [0.15, 0.2) is 48.8 Å². The van der Waals surface area contributed by atoms with E-state index in [2.05, 4.69) is 10.3 Å². The molecule has 0 spiro atoms. The Kier molecular flexibility index (Phi) is 4.62. The number of imidazole rings is 1. The van der Waals surface area contributed by atoms with Crippen molar-refractivity contribution in [2.24, 2.45) is 0 Å². The van der Waals surface area contributed by atoms with Gasteiger partial charge in [-0.05, 0) is 55.2 Å². The van der Waals surface area contributed by atoms with E-state index in [1.54, 1.807) is 6.20 Å². The number of likely N-dealkylation sites (tertiary alicyclic amines) is 1. The van der Waals surface area contributed by atoms with Crippen LogP contribution in [0.5, 0.6) is 0 Å². The van der Waals surface area contributed by atoms with Gasteiger partial charge in [0.05, 0.1) is 0 Å². The fraction of sp³-hybridized carbons (Fsp3) is 0.286. The van der Waals surface area contributed by atoms with Gasteiger partial charge in [0.1, 0.15) is 11.3 Å². The Morgan fingerprint density at radius 1 is 1.22 bits per heavy atom. The van der Waals surface area contributed by atoms with Gasteiger partial charge in [-0.15, -0.1) is 0 Å². The van der Waals surface area contributed by atoms with E-state index in [1.807, 2.05) is 58.8 Å². The largest absolute Gasteiger partial charge is 0.338 e. The molecule has 3 heterocycles. The molecule has 4 rings (SSSR count). The molecule has 27 heavy (non-hydrogen) atoms. The number of rotatable bonds is 4. The number of benzene rings is 1. The van der Waals surface area contributed by atoms with Crippen LogP contribution in [0.4, 0.5) is 5.69 Å². The minimum Gasteiger partial charge on any atom is -0.338 e. The fourth-order valence-electron chi connectivity index (χ4n) is 3.39. The lowest BCUT2D eigenvalue weighted by Gasteiger charge is -2.26. The third-order valence-electron chi connectivity index (χ3n) is 4.83. The SMILES string of the molecule is Cc1ccn2cc(C(=O)Nc3cccc(CN4CCCCC4=O)c3)nc2c1. The Balaban J connectivity index is 1.48. The molecule has 1 aromatic carbocycles. The summed E-state index contributed by atoms with van der Waals surface area (Å²) in [6, 6.07) is 11.5. The van der Waals surface area contributed by atoms with Gasteiger partial charge in [0.2, 0.25) is 5.91 Å². The van der Waals surface area contributed by atoms with Crippen molar-refractivity contribution in [3.63, 3.8) is 0 Å². The molecule has 2 aromatic heterocycles. The Morgan fingerprint density at radius 3 is 2.96 bits per heavy atom. The number of carbonyl (C=O) groups excluding carboxylic acids is 2. The second-order valence-corrected chi connectivity index (χ2v) is 7.02. The van der Waals surface area contributed by atoms with Crippen LogP contribution in [0.2, 0.25) is 0 Å². The summed E-state index contributed by atoms with van der Waals surface area (Å²) in [6.07, 6.45) is 6.27. The second-order valence-electron chi connectivity index (χ2n) is 7.02. The van der Waals surface area contributed by atoms with Crippen molar-refractivity contribution < 1.29 is 9.59 Å². The summed E-state index contributed by atoms with van der Waals surface area (Å²) in [6.45, 7) is 3.37. The van der Waals surface area contributed by atoms with Gasteiger partial charge in [-0.25, -0.2) is 4.98 Å². The fourth-order valence-corrected chi connectivity index (χ4v) is 3.39. The molecule has 0 unspecified atom stereocenters. The van der Waals surface area contributed by atoms with E-state index < -0.39 is 0 Å². The quantitative estimate of drug-likeness (QED) is 0.773. The highest BCUT2D eigenvalue weighted by Crippen LogP contribution is 2.18. The van der Waals surface area contributed by atoms with Crippen LogP contribution in [-0.2, 0) is 11.3 Å². The minimum absolute atomic E-state index is 0.204. The van der Waals surface area contributed by atoms with Crippen molar-refractivity contribution in [1.29, 1.82) is 0 Å². The Labute approximate surface area is 157 Å². The molecule has 1 saturated heterocycles. The number of pyridine rings is 1. The van der Waals surface area contributed by atoms with E-state index in [0.717, 1.165) is 36.2 Å². The summed E-state index contributed by atoms with van der Waals surface area (Å²) in [5.41, 5.74) is 3.93. The molecule has 0 atom stereocenters. The van der Waals surface area contributed by atoms with Crippen LogP contribution in [0.3, 0.4) is 0 Å². The zero-order valence-corrected chi connectivity index (χ0v) is 15.3. The smallest absolute Gasteiger partial charge is 0.275 e. The summed E-state index contributed by atoms with van der Waals surface area (Å²) in [5, 5.41) is 2.90. The number of hydrogen-bond acceptors (Lipinski definition) is 3. The third-order valence-corrected chi connectivity index (χ3v) is 4.83. The number of anilines is 1. The molecule has 1 aliphatic heterocycles. The predicted octanol–water partition coefficient (Wildman–Crippen LogP) is 3.41. The zero-order valence-electron chi connectivity index (χ0n) is 15.3. The van der Waals surface area contributed by atoms with Crippen molar-refractivity contribution in [1.82, 2.24) is 14.3 Å². The highest BCUT2D eigenvalue weighted by atomic mass is 16.2. The second kappa shape index (κ2) is 7.23. The van der Waals surface area contributed by atoms with Crippen LogP contribution in [-0.4, -0.2) is 32.6 Å². The van der Waals surface area contributed by atoms with E-state index in [4.69, 9.17) is 0 Å². The molecular weight excluding hydrogens is 340 g/mol. The van der Waals surface area contributed by atoms with E-state index in [9.17, 15) is 9.59 Å². The lowest BCUT2D eigenvalue weighted by atomic mass is 10.1. The number of aromatic nitrogens is 2. The standard InChI is InChI=1S/C21H22N4O2/c1-15-8-10-24-14-18(23-19(24)11-15)21(27)22-17-6-4-5-16(12-17)13-25-9-3-2-7-20(25)26/h4-6,8,10-12,14H,2-3,7,9,13H2,1H3,(H,22,27). The Bertz CT molecular complexity index is 1010. The van der Waals surface area contributed by atoms with Crippen LogP contribution < -0.4 is 5.32 Å². The monoisotopic (exact) mass is 362 g/mol. The van der Waals surface area contributed by atoms with E-state index in [0.29, 0.717) is 24.3 Å². The van der Waals surface area contributed by atoms with Gasteiger partial charge in [0.25, 0.3) is 5.91 Å². The van der Waals surface area contributed by atoms with Crippen molar-refractivity contribution in [2.75, 3.05) is 11.9 Å². The number of piperidine rings is 1. The topological polar surface area (TPSA) is 66.7 Å². The van der Waals surface area contributed by atoms with Gasteiger partial charge >= 0.3 is 0 Å². The first-order valence-corrected chi connectivity index (χ1v) is 9.22. The molecule has 1 N–H and O–H groups in total. The predicted molar refractivity (Wildman–Crippen MR) is 104 cm³/mol. The lowest BCUT2D eigenvalue weighted by molar-refractivity contribution is -0.133. The number of hydrogen-bond donors (Lipinski definition) is 1. The first kappa shape index (κ1) is 17.3. The molecule has 1 fully saturated rings. The number of nitrogens with one attached hydrogen (secondary N) is 1. The first-order chi connectivity index (χ1) is 13.1. The van der Waals surface area contributed by atoms with Crippen molar-refractivity contribution >= 4 is 23.1 Å². The maximum absolute atomic E-state index is 12.6. The van der Waals surface area contributed by atoms with Gasteiger partial charge < -0.3 is 14.6 Å². The summed E-state index contributed by atoms with van der Waals surface area (Å²) in [7, 11) is 0. The average molecular weight is 362 g/mol. The van der Waals surface area contributed by atoms with E-state index in [-0.39, 0.29) is 11.8 Å². The highest BCUT2D eigenvalue weighted by Gasteiger charge is 2.18. The van der Waals surface area contributed by atoms with Crippen LogP contribution in [0.25, 0.3) is 5.65 Å². The third kappa shape index (κ3) is 3.84. The van der Waals surface area contributed by atoms with E-state index >= 15 is 0 Å². The van der Waals surface area contributed by atoms with Crippen molar-refractivity contribution in [2.45, 2.75) is 32.7 Å². The number of fused-ring (bicyclic) bond motifs is 1. The number of carbonyl (C=O) groups is 2. The number of amides is 2. The molecule has 0 bridgehead atoms. The summed E-state index contributed by atoms with van der Waals surface area (Å²) >= 11 is 0. The number of aryl methyl sites for hydroxylation is 1. The Morgan fingerprint density at radius 2 is 2.11 bits per heavy atom. The van der Waals surface area contributed by atoms with Gasteiger partial charge in [-0.1, -0.05) is 12.1 Å². The molecule has 2 amide bonds. The highest BCUT2D eigenvalue weighted by molar-refractivity contribution is 6.03. The van der Waals surface area contributed by atoms with Crippen molar-refractivity contribution in [3.05, 3.63) is 65.6 Å². The molecular formula is C21H22N4O2. The first-order valence-electron chi connectivity index (χ1n) is 9.22. The van der Waals surface area contributed by atoms with Crippen LogP contribution >= 0.6 is 0 Å². The molecule has 0 aliphatic carbocycles. The molecule has 138 valence electrons. The average Bonchev–Trinajstić information content (AvgIpc) is 3.07. The Hall–Kier alpha value is -3.15. The molecule has 0 radical (unpaired) electrons. The lowest BCUT2D eigenvalue weighted by Crippen LogP contribution is -2.34. The van der Waals surface area contributed by atoms with Gasteiger partial charge in [-0.3, -0.25) is 9.59 Å². The number of nitrogens with zero attached hydrogens (tertiary/aromatic N) is 3. The molecule has 6 nitrogen and oxygen atoms in total. The maximum Gasteiger partial charge on any atom is 0.275 e. The van der Waals surface area contributed by atoms with E-state index in [1.165, 1.54) is 0 Å². The minimum atomic E-state index is -0.248. The van der Waals surface area contributed by atoms with Crippen molar-refractivity contribution in [3.8, 4) is 0 Å². The normalized spacial score (nSPS) is 14.6. The molecule has 3 aromatic rings. The molecule has 1 aliphatic rings. The van der Waals surface area contributed by atoms with Gasteiger partial charge in [0.15, 0.2) is 0 Å². The summed E-state index contributed by atoms with van der Waals surface area (Å²) < 4.78 is 1.83. The van der Waals surface area contributed by atoms with Crippen LogP contribution in [0, 0.1) is 6.92 Å².